The number of phosphoric ester groups is 1. The second-order valence-electron chi connectivity index (χ2n) is 22.4. The highest BCUT2D eigenvalue weighted by Crippen LogP contribution is 2.38. The minimum atomic E-state index is -4.64. The lowest BCUT2D eigenvalue weighted by Gasteiger charge is -2.28. The van der Waals surface area contributed by atoms with Gasteiger partial charge < -0.3 is 27.9 Å². The van der Waals surface area contributed by atoms with Gasteiger partial charge in [-0.3, -0.25) is 14.2 Å². The van der Waals surface area contributed by atoms with Gasteiger partial charge in [-0.05, 0) is 77.0 Å². The third-order valence-corrected chi connectivity index (χ3v) is 14.8. The van der Waals surface area contributed by atoms with Crippen molar-refractivity contribution in [3.05, 3.63) is 48.6 Å². The summed E-state index contributed by atoms with van der Waals surface area (Å²) >= 11 is 0. The molecule has 0 aliphatic heterocycles. The Hall–Kier alpha value is -2.03. The van der Waals surface area contributed by atoms with Gasteiger partial charge in [0, 0.05) is 12.8 Å². The highest BCUT2D eigenvalue weighted by molar-refractivity contribution is 7.45. The second-order valence-corrected chi connectivity index (χ2v) is 23.8. The number of hydrogen-bond donors (Lipinski definition) is 0. The first kappa shape index (κ1) is 72.0. The maximum Gasteiger partial charge on any atom is 0.306 e. The molecule has 0 aromatic carbocycles. The summed E-state index contributed by atoms with van der Waals surface area (Å²) in [5.41, 5.74) is 0. The summed E-state index contributed by atoms with van der Waals surface area (Å²) in [5.74, 6) is -0.825. The van der Waals surface area contributed by atoms with Crippen LogP contribution in [0.3, 0.4) is 0 Å². The number of rotatable bonds is 58. The molecule has 0 aliphatic rings. The molecule has 0 aliphatic carbocycles. The van der Waals surface area contributed by atoms with E-state index in [2.05, 4.69) is 62.5 Å². The molecule has 0 heterocycles. The quantitative estimate of drug-likeness (QED) is 0.0195. The van der Waals surface area contributed by atoms with Crippen LogP contribution in [0.1, 0.15) is 296 Å². The molecule has 0 radical (unpaired) electrons. The molecule has 0 N–H and O–H groups in total. The number of ether oxygens (including phenoxy) is 2. The zero-order valence-electron chi connectivity index (χ0n) is 49.3. The molecule has 0 saturated carbocycles. The molecule has 2 atom stereocenters. The van der Waals surface area contributed by atoms with Gasteiger partial charge in [-0.25, -0.2) is 0 Å². The van der Waals surface area contributed by atoms with Gasteiger partial charge in [0.15, 0.2) is 6.10 Å². The number of hydrogen-bond acceptors (Lipinski definition) is 8. The van der Waals surface area contributed by atoms with E-state index in [9.17, 15) is 19.0 Å². The van der Waals surface area contributed by atoms with E-state index in [0.717, 1.165) is 51.4 Å². The number of carbonyl (C=O) groups is 2. The van der Waals surface area contributed by atoms with Crippen molar-refractivity contribution in [1.29, 1.82) is 0 Å². The Balaban J connectivity index is 4.12. The Morgan fingerprint density at radius 2 is 0.730 bits per heavy atom. The number of quaternary nitrogens is 1. The first-order valence-electron chi connectivity index (χ1n) is 31.3. The molecule has 0 aromatic heterocycles. The standard InChI is InChI=1S/C64H120NO8P/c1-6-8-10-12-14-16-18-20-22-24-26-28-30-31-32-33-35-37-39-41-43-45-47-49-51-53-55-57-64(67)73-62(61-72-74(68,69)71-59-58-65(3,4)5)60-70-63(66)56-54-52-50-48-46-44-42-40-38-36-34-29-27-25-23-21-19-17-15-13-11-9-7-2/h18,20,24-27,30-31,62H,6-17,19,21-23,28-29,32-61H2,1-5H3/b20-18-,26-24-,27-25-,31-30-. The lowest BCUT2D eigenvalue weighted by molar-refractivity contribution is -0.870. The number of esters is 2. The fourth-order valence-electron chi connectivity index (χ4n) is 8.95. The van der Waals surface area contributed by atoms with Gasteiger partial charge in [-0.2, -0.15) is 0 Å². The van der Waals surface area contributed by atoms with E-state index in [1.165, 1.54) is 212 Å². The molecule has 0 fully saturated rings. The molecule has 0 saturated heterocycles. The minimum absolute atomic E-state index is 0.0311. The van der Waals surface area contributed by atoms with E-state index in [1.807, 2.05) is 21.1 Å². The Bertz CT molecular complexity index is 1390. The van der Waals surface area contributed by atoms with Crippen LogP contribution in [0.2, 0.25) is 0 Å². The van der Waals surface area contributed by atoms with E-state index >= 15 is 0 Å². The highest BCUT2D eigenvalue weighted by Gasteiger charge is 2.22. The first-order valence-corrected chi connectivity index (χ1v) is 32.8. The molecule has 434 valence electrons. The monoisotopic (exact) mass is 1060 g/mol. The number of phosphoric acid groups is 1. The van der Waals surface area contributed by atoms with Gasteiger partial charge in [-0.15, -0.1) is 0 Å². The lowest BCUT2D eigenvalue weighted by atomic mass is 10.0. The summed E-state index contributed by atoms with van der Waals surface area (Å²) in [7, 11) is 1.17. The van der Waals surface area contributed by atoms with Crippen LogP contribution in [0.4, 0.5) is 0 Å². The lowest BCUT2D eigenvalue weighted by Crippen LogP contribution is -2.37. The van der Waals surface area contributed by atoms with Crippen LogP contribution in [0, 0.1) is 0 Å². The summed E-state index contributed by atoms with van der Waals surface area (Å²) in [6.07, 6.45) is 70.2. The molecule has 0 spiro atoms. The van der Waals surface area contributed by atoms with Crippen molar-refractivity contribution in [2.75, 3.05) is 47.5 Å². The van der Waals surface area contributed by atoms with E-state index in [0.29, 0.717) is 17.4 Å². The van der Waals surface area contributed by atoms with Crippen LogP contribution in [0.15, 0.2) is 48.6 Å². The van der Waals surface area contributed by atoms with Crippen molar-refractivity contribution < 1.29 is 42.1 Å². The fourth-order valence-corrected chi connectivity index (χ4v) is 9.68. The Labute approximate surface area is 458 Å². The van der Waals surface area contributed by atoms with E-state index in [1.54, 1.807) is 0 Å². The zero-order valence-corrected chi connectivity index (χ0v) is 50.2. The first-order chi connectivity index (χ1) is 36.0. The SMILES string of the molecule is CCCCCCC/C=C\C/C=C\C/C=C\CCCCCCCCCCCCCCC(=O)OC(COC(=O)CCCCCCCCCCCCC/C=C\CCCCCCCCCC)COP(=O)([O-])OCC[N+](C)(C)C. The molecule has 2 unspecified atom stereocenters. The average molecular weight is 1060 g/mol. The second kappa shape index (κ2) is 55.7. The molecular formula is C64H120NO8P. The van der Waals surface area contributed by atoms with Gasteiger partial charge >= 0.3 is 11.9 Å². The highest BCUT2D eigenvalue weighted by atomic mass is 31.2. The third kappa shape index (κ3) is 59.2. The topological polar surface area (TPSA) is 111 Å². The Morgan fingerprint density at radius 1 is 0.419 bits per heavy atom. The minimum Gasteiger partial charge on any atom is -0.756 e. The maximum absolute atomic E-state index is 12.8. The van der Waals surface area contributed by atoms with E-state index in [-0.39, 0.29) is 32.0 Å². The molecule has 10 heteroatoms. The van der Waals surface area contributed by atoms with Crippen molar-refractivity contribution in [3.63, 3.8) is 0 Å². The Kier molecular flexibility index (Phi) is 54.2. The van der Waals surface area contributed by atoms with Crippen molar-refractivity contribution >= 4 is 19.8 Å². The molecule has 0 bridgehead atoms. The smallest absolute Gasteiger partial charge is 0.306 e. The predicted molar refractivity (Wildman–Crippen MR) is 314 cm³/mol. The van der Waals surface area contributed by atoms with Crippen molar-refractivity contribution in [1.82, 2.24) is 0 Å². The average Bonchev–Trinajstić information content (AvgIpc) is 3.36. The molecule has 0 aromatic rings. The van der Waals surface area contributed by atoms with Gasteiger partial charge in [0.25, 0.3) is 7.82 Å². The van der Waals surface area contributed by atoms with Crippen LogP contribution < -0.4 is 4.89 Å². The summed E-state index contributed by atoms with van der Waals surface area (Å²) < 4.78 is 34.2. The molecule has 0 rings (SSSR count). The van der Waals surface area contributed by atoms with E-state index < -0.39 is 26.5 Å². The van der Waals surface area contributed by atoms with Gasteiger partial charge in [0.1, 0.15) is 19.8 Å². The molecule has 9 nitrogen and oxygen atoms in total. The van der Waals surface area contributed by atoms with Crippen LogP contribution in [0.5, 0.6) is 0 Å². The third-order valence-electron chi connectivity index (χ3n) is 13.8. The fraction of sp³-hybridized carbons (Fsp3) is 0.844. The van der Waals surface area contributed by atoms with Crippen molar-refractivity contribution in [2.45, 2.75) is 302 Å². The molecule has 0 amide bonds. The van der Waals surface area contributed by atoms with Gasteiger partial charge in [0.05, 0.1) is 27.7 Å². The molecular weight excluding hydrogens is 942 g/mol. The van der Waals surface area contributed by atoms with Crippen LogP contribution in [-0.4, -0.2) is 70.0 Å². The zero-order chi connectivity index (χ0) is 54.2. The van der Waals surface area contributed by atoms with Crippen molar-refractivity contribution in [3.8, 4) is 0 Å². The maximum atomic E-state index is 12.8. The van der Waals surface area contributed by atoms with Crippen LogP contribution >= 0.6 is 7.82 Å². The number of allylic oxidation sites excluding steroid dienone is 8. The van der Waals surface area contributed by atoms with Crippen LogP contribution in [0.25, 0.3) is 0 Å². The summed E-state index contributed by atoms with van der Waals surface area (Å²) in [4.78, 5) is 37.9. The Morgan fingerprint density at radius 3 is 1.09 bits per heavy atom. The number of nitrogens with zero attached hydrogens (tertiary/aromatic N) is 1. The molecule has 74 heavy (non-hydrogen) atoms. The number of likely N-dealkylation sites (N-methyl/N-ethyl adjacent to an activating group) is 1. The number of unbranched alkanes of at least 4 members (excludes halogenated alkanes) is 36. The summed E-state index contributed by atoms with van der Waals surface area (Å²) in [6, 6.07) is 0. The predicted octanol–water partition coefficient (Wildman–Crippen LogP) is 19.1. The van der Waals surface area contributed by atoms with E-state index in [4.69, 9.17) is 18.5 Å². The van der Waals surface area contributed by atoms with Gasteiger partial charge in [-0.1, -0.05) is 255 Å². The van der Waals surface area contributed by atoms with Crippen LogP contribution in [-0.2, 0) is 32.7 Å². The summed E-state index contributed by atoms with van der Waals surface area (Å²) in [6.45, 7) is 4.26. The largest absolute Gasteiger partial charge is 0.756 e. The van der Waals surface area contributed by atoms with Gasteiger partial charge in [0.2, 0.25) is 0 Å². The number of carbonyl (C=O) groups excluding carboxylic acids is 2. The summed E-state index contributed by atoms with van der Waals surface area (Å²) in [5, 5.41) is 0. The van der Waals surface area contributed by atoms with Crippen molar-refractivity contribution in [2.24, 2.45) is 0 Å². The normalized spacial score (nSPS) is 13.5.